The lowest BCUT2D eigenvalue weighted by molar-refractivity contribution is -0.142. The number of nitrogens with zero attached hydrogens (tertiary/aromatic N) is 2. The first kappa shape index (κ1) is 38.4. The number of fused-ring (bicyclic) bond motifs is 4. The molecule has 0 radical (unpaired) electrons. The van der Waals surface area contributed by atoms with E-state index >= 15 is 0 Å². The highest BCUT2D eigenvalue weighted by atomic mass is 32.2. The van der Waals surface area contributed by atoms with E-state index in [4.69, 9.17) is 14.2 Å². The van der Waals surface area contributed by atoms with Crippen LogP contribution in [0, 0.1) is 35.4 Å². The Kier molecular flexibility index (Phi) is 10.1. The molecule has 302 valence electrons. The zero-order valence-corrected chi connectivity index (χ0v) is 32.7. The number of carbonyl (C=O) groups is 4. The van der Waals surface area contributed by atoms with Crippen molar-refractivity contribution in [3.8, 4) is 11.6 Å². The SMILES string of the molecule is COc1cc(F)cc2c(O[C@@H]3C[C@H]4C(=O)N[C@]5(C(=O)NS(=O)(=O)C6CC6)C[C@H]5/C=C\CC[C@@H](C)C[C@@H](C)[C@H](NC(=O)O[C@@H]5C[C@@H]6C[C@@H]6C5)C(=O)N4C3)nccc12. The van der Waals surface area contributed by atoms with Gasteiger partial charge in [0.2, 0.25) is 27.7 Å². The monoisotopic (exact) mass is 795 g/mol. The molecule has 2 aromatic rings. The minimum atomic E-state index is -3.92. The summed E-state index contributed by atoms with van der Waals surface area (Å²) in [7, 11) is -2.50. The summed E-state index contributed by atoms with van der Waals surface area (Å²) >= 11 is 0. The summed E-state index contributed by atoms with van der Waals surface area (Å²) in [5, 5.41) is 5.97. The highest BCUT2D eigenvalue weighted by Crippen LogP contribution is 2.52. The van der Waals surface area contributed by atoms with Crippen LogP contribution in [0.15, 0.2) is 36.5 Å². The lowest BCUT2D eigenvalue weighted by Crippen LogP contribution is -2.59. The van der Waals surface area contributed by atoms with Crippen molar-refractivity contribution in [2.75, 3.05) is 13.7 Å². The molecule has 1 saturated heterocycles. The number of halogens is 1. The van der Waals surface area contributed by atoms with Gasteiger partial charge in [-0.15, -0.1) is 0 Å². The van der Waals surface area contributed by atoms with E-state index in [0.717, 1.165) is 25.7 Å². The molecule has 2 aliphatic heterocycles. The molecule has 8 rings (SSSR count). The van der Waals surface area contributed by atoms with E-state index in [1.165, 1.54) is 30.3 Å². The molecule has 0 bridgehead atoms. The summed E-state index contributed by atoms with van der Waals surface area (Å²) in [6.45, 7) is 3.88. The number of hydrogen-bond acceptors (Lipinski definition) is 10. The van der Waals surface area contributed by atoms with Gasteiger partial charge in [0.05, 0.1) is 24.3 Å². The van der Waals surface area contributed by atoms with Crippen molar-refractivity contribution < 1.29 is 46.2 Å². The van der Waals surface area contributed by atoms with E-state index in [0.29, 0.717) is 48.3 Å². The number of amides is 4. The molecule has 4 amide bonds. The molecule has 3 heterocycles. The predicted molar refractivity (Wildman–Crippen MR) is 201 cm³/mol. The molecule has 5 fully saturated rings. The topological polar surface area (TPSA) is 182 Å². The molecule has 0 unspecified atom stereocenters. The van der Waals surface area contributed by atoms with Gasteiger partial charge in [0, 0.05) is 30.0 Å². The van der Waals surface area contributed by atoms with Crippen LogP contribution < -0.4 is 24.8 Å². The van der Waals surface area contributed by atoms with Gasteiger partial charge in [0.1, 0.15) is 41.4 Å². The number of sulfonamides is 1. The van der Waals surface area contributed by atoms with E-state index < -0.39 is 74.5 Å². The van der Waals surface area contributed by atoms with Crippen molar-refractivity contribution in [2.45, 2.75) is 113 Å². The quantitative estimate of drug-likeness (QED) is 0.329. The molecule has 56 heavy (non-hydrogen) atoms. The Morgan fingerprint density at radius 3 is 2.52 bits per heavy atom. The van der Waals surface area contributed by atoms with Gasteiger partial charge in [0.25, 0.3) is 5.91 Å². The summed E-state index contributed by atoms with van der Waals surface area (Å²) in [6, 6.07) is 1.95. The molecule has 1 aromatic heterocycles. The third-order valence-electron chi connectivity index (χ3n) is 12.6. The number of ether oxygens (including phenoxy) is 3. The minimum Gasteiger partial charge on any atom is -0.496 e. The van der Waals surface area contributed by atoms with E-state index in [2.05, 4.69) is 27.3 Å². The Bertz CT molecular complexity index is 2050. The summed E-state index contributed by atoms with van der Waals surface area (Å²) in [6.07, 6.45) is 9.43. The van der Waals surface area contributed by atoms with Gasteiger partial charge in [-0.05, 0) is 93.6 Å². The normalized spacial score (nSPS) is 34.8. The number of aromatic nitrogens is 1. The Morgan fingerprint density at radius 1 is 1.02 bits per heavy atom. The number of benzene rings is 1. The number of rotatable bonds is 8. The first-order chi connectivity index (χ1) is 26.7. The van der Waals surface area contributed by atoms with Gasteiger partial charge >= 0.3 is 6.09 Å². The summed E-state index contributed by atoms with van der Waals surface area (Å²) in [4.78, 5) is 62.3. The van der Waals surface area contributed by atoms with Crippen LogP contribution in [0.2, 0.25) is 0 Å². The first-order valence-electron chi connectivity index (χ1n) is 19.9. The number of pyridine rings is 1. The number of alkyl carbamates (subject to hydrolysis) is 1. The molecule has 3 N–H and O–H groups in total. The van der Waals surface area contributed by atoms with Crippen LogP contribution in [-0.4, -0.2) is 90.9 Å². The number of allylic oxidation sites excluding steroid dienone is 1. The molecule has 10 atom stereocenters. The van der Waals surface area contributed by atoms with Crippen LogP contribution >= 0.6 is 0 Å². The second-order valence-corrected chi connectivity index (χ2v) is 18.9. The number of nitrogens with one attached hydrogen (secondary N) is 3. The number of hydrogen-bond donors (Lipinski definition) is 3. The highest BCUT2D eigenvalue weighted by molar-refractivity contribution is 7.91. The number of carbonyl (C=O) groups excluding carboxylic acids is 4. The van der Waals surface area contributed by atoms with Crippen molar-refractivity contribution in [2.24, 2.45) is 29.6 Å². The van der Waals surface area contributed by atoms with Crippen molar-refractivity contribution >= 4 is 44.6 Å². The van der Waals surface area contributed by atoms with Crippen LogP contribution in [0.25, 0.3) is 10.8 Å². The smallest absolute Gasteiger partial charge is 0.408 e. The van der Waals surface area contributed by atoms with Gasteiger partial charge in [-0.3, -0.25) is 19.1 Å². The van der Waals surface area contributed by atoms with E-state index in [-0.39, 0.29) is 49.0 Å². The van der Waals surface area contributed by atoms with Gasteiger partial charge in [-0.1, -0.05) is 26.0 Å². The molecule has 1 aromatic carbocycles. The Morgan fingerprint density at radius 2 is 1.79 bits per heavy atom. The molecule has 4 aliphatic carbocycles. The molecule has 4 saturated carbocycles. The summed E-state index contributed by atoms with van der Waals surface area (Å²) in [5.74, 6) is -1.72. The molecular formula is C40H50FN5O9S. The maximum Gasteiger partial charge on any atom is 0.408 e. The van der Waals surface area contributed by atoms with Gasteiger partial charge < -0.3 is 29.7 Å². The summed E-state index contributed by atoms with van der Waals surface area (Å²) in [5.41, 5.74) is -1.54. The van der Waals surface area contributed by atoms with Crippen molar-refractivity contribution in [1.82, 2.24) is 25.2 Å². The van der Waals surface area contributed by atoms with Crippen LogP contribution in [-0.2, 0) is 29.1 Å². The van der Waals surface area contributed by atoms with Crippen LogP contribution in [0.3, 0.4) is 0 Å². The molecule has 6 aliphatic rings. The standard InChI is InChI=1S/C40H50FN5O9S/c1-21-6-4-5-7-25-19-40(25,38(49)45-56(51,52)29-8-9-29)44-35(47)32-18-28(54-36-31-16-26(41)17-33(53-3)30(31)10-11-42-36)20-46(32)37(48)34(22(2)12-21)43-39(50)55-27-14-23-13-24(23)15-27/h5,7,10-11,16-17,21-25,27-29,32,34H,4,6,8-9,12-15,18-20H2,1-3H3,(H,43,50)(H,44,47)(H,45,49)/b7-5-/t21-,22-,23-,24+,25-,27+,28-,32+,34+,40-/m1/s1. The van der Waals surface area contributed by atoms with Crippen molar-refractivity contribution in [1.29, 1.82) is 0 Å². The van der Waals surface area contributed by atoms with Crippen LogP contribution in [0.4, 0.5) is 9.18 Å². The third kappa shape index (κ3) is 7.77. The molecule has 16 heteroatoms. The molecule has 0 spiro atoms. The Labute approximate surface area is 325 Å². The lowest BCUT2D eigenvalue weighted by Gasteiger charge is -2.33. The Balaban J connectivity index is 1.11. The van der Waals surface area contributed by atoms with E-state index in [1.807, 2.05) is 19.1 Å². The molecule has 14 nitrogen and oxygen atoms in total. The fourth-order valence-corrected chi connectivity index (χ4v) is 10.5. The predicted octanol–water partition coefficient (Wildman–Crippen LogP) is 4.12. The van der Waals surface area contributed by atoms with Crippen LogP contribution in [0.1, 0.15) is 78.1 Å². The van der Waals surface area contributed by atoms with Crippen molar-refractivity contribution in [3.63, 3.8) is 0 Å². The van der Waals surface area contributed by atoms with Gasteiger partial charge in [-0.2, -0.15) is 0 Å². The third-order valence-corrected chi connectivity index (χ3v) is 14.5. The van der Waals surface area contributed by atoms with Gasteiger partial charge in [0.15, 0.2) is 0 Å². The maximum absolute atomic E-state index is 14.8. The lowest BCUT2D eigenvalue weighted by atomic mass is 9.88. The van der Waals surface area contributed by atoms with Crippen LogP contribution in [0.5, 0.6) is 11.6 Å². The zero-order chi connectivity index (χ0) is 39.5. The van der Waals surface area contributed by atoms with E-state index in [9.17, 15) is 32.0 Å². The Hall–Kier alpha value is -4.47. The molecular weight excluding hydrogens is 746 g/mol. The average Bonchev–Trinajstić information content (AvgIpc) is 4.11. The average molecular weight is 796 g/mol. The second-order valence-electron chi connectivity index (χ2n) is 16.9. The highest BCUT2D eigenvalue weighted by Gasteiger charge is 2.62. The van der Waals surface area contributed by atoms with E-state index in [1.54, 1.807) is 6.07 Å². The van der Waals surface area contributed by atoms with Crippen molar-refractivity contribution in [3.05, 3.63) is 42.4 Å². The van der Waals surface area contributed by atoms with Gasteiger partial charge in [-0.25, -0.2) is 22.6 Å². The second kappa shape index (κ2) is 14.8. The maximum atomic E-state index is 14.8. The summed E-state index contributed by atoms with van der Waals surface area (Å²) < 4.78 is 60.3. The fourth-order valence-electron chi connectivity index (χ4n) is 9.18. The number of methoxy groups -OCH3 is 1. The minimum absolute atomic E-state index is 0.0343. The first-order valence-corrected chi connectivity index (χ1v) is 21.4. The largest absolute Gasteiger partial charge is 0.496 e. The zero-order valence-electron chi connectivity index (χ0n) is 31.9. The fraction of sp³-hybridized carbons (Fsp3) is 0.625.